The number of likely N-dealkylation sites (tertiary alicyclic amines) is 2. The van der Waals surface area contributed by atoms with Crippen LogP contribution in [0.1, 0.15) is 70.6 Å². The van der Waals surface area contributed by atoms with Crippen molar-refractivity contribution in [1.29, 1.82) is 0 Å². The topological polar surface area (TPSA) is 92.1 Å². The molecule has 41 heavy (non-hydrogen) atoms. The molecular weight excluding hydrogens is 521 g/mol. The number of rotatable bonds is 5. The highest BCUT2D eigenvalue weighted by Gasteiger charge is 2.56. The minimum absolute atomic E-state index is 0.0152. The number of hydrogen-bond donors (Lipinski definition) is 3. The first kappa shape index (κ1) is 29.5. The summed E-state index contributed by atoms with van der Waals surface area (Å²) in [6, 6.07) is 0.447. The molecule has 4 aliphatic heterocycles. The number of nitrogens with one attached hydrogen (secondary N) is 2. The Hall–Kier alpha value is -1.54. The van der Waals surface area contributed by atoms with Crippen LogP contribution in [0, 0.1) is 35.5 Å². The molecule has 228 valence electrons. The van der Waals surface area contributed by atoms with Crippen molar-refractivity contribution in [1.82, 2.24) is 20.4 Å². The van der Waals surface area contributed by atoms with E-state index < -0.39 is 6.17 Å². The van der Waals surface area contributed by atoms with E-state index in [2.05, 4.69) is 34.0 Å². The third-order valence-corrected chi connectivity index (χ3v) is 10.9. The second-order valence-electron chi connectivity index (χ2n) is 13.2. The van der Waals surface area contributed by atoms with Crippen LogP contribution in [-0.2, 0) is 14.3 Å². The maximum Gasteiger partial charge on any atom is 0.245 e. The van der Waals surface area contributed by atoms with Gasteiger partial charge in [-0.1, -0.05) is 31.3 Å². The minimum Gasteiger partial charge on any atom is -0.380 e. The van der Waals surface area contributed by atoms with Crippen LogP contribution in [0.4, 0.5) is 4.39 Å². The molecule has 1 amide bonds. The van der Waals surface area contributed by atoms with E-state index in [1.807, 2.05) is 4.90 Å². The summed E-state index contributed by atoms with van der Waals surface area (Å²) < 4.78 is 26.7. The van der Waals surface area contributed by atoms with E-state index in [1.54, 1.807) is 0 Å². The first-order valence-electron chi connectivity index (χ1n) is 16.3. The molecule has 6 rings (SSSR count). The molecule has 4 N–H and O–H groups in total. The Balaban J connectivity index is 1.20. The third kappa shape index (κ3) is 6.39. The Labute approximate surface area is 245 Å². The average Bonchev–Trinajstić information content (AvgIpc) is 3.64. The van der Waals surface area contributed by atoms with E-state index in [0.717, 1.165) is 90.5 Å². The molecule has 6 aliphatic rings. The number of ether oxygens (including phenoxy) is 2. The highest BCUT2D eigenvalue weighted by atomic mass is 19.1. The van der Waals surface area contributed by atoms with Crippen molar-refractivity contribution < 1.29 is 18.7 Å². The van der Waals surface area contributed by atoms with E-state index in [9.17, 15) is 9.18 Å². The second kappa shape index (κ2) is 13.4. The first-order chi connectivity index (χ1) is 20.0. The van der Waals surface area contributed by atoms with Gasteiger partial charge in [-0.3, -0.25) is 20.3 Å². The SMILES string of the molecule is C=CC(=O)N1CCC(C#CC2C(C3CCC(OC4CCCCC4F)CC3)C3C(N)NCNC3N2C2CCOC2)CC1. The summed E-state index contributed by atoms with van der Waals surface area (Å²) in [5.41, 5.74) is 6.83. The minimum atomic E-state index is -0.807. The van der Waals surface area contributed by atoms with Crippen LogP contribution in [0.2, 0.25) is 0 Å². The first-order valence-corrected chi connectivity index (χ1v) is 16.3. The van der Waals surface area contributed by atoms with E-state index >= 15 is 0 Å². The fourth-order valence-corrected chi connectivity index (χ4v) is 8.68. The molecule has 2 aliphatic carbocycles. The number of piperidine rings is 1. The number of carbonyl (C=O) groups excluding carboxylic acids is 1. The fraction of sp³-hybridized carbons (Fsp3) is 0.844. The molecular formula is C32H50FN5O3. The van der Waals surface area contributed by atoms with Gasteiger partial charge >= 0.3 is 0 Å². The largest absolute Gasteiger partial charge is 0.380 e. The molecule has 4 heterocycles. The molecule has 9 heteroatoms. The zero-order valence-corrected chi connectivity index (χ0v) is 24.5. The van der Waals surface area contributed by atoms with Crippen LogP contribution in [0.5, 0.6) is 0 Å². The predicted octanol–water partition coefficient (Wildman–Crippen LogP) is 2.74. The van der Waals surface area contributed by atoms with Crippen LogP contribution < -0.4 is 16.4 Å². The van der Waals surface area contributed by atoms with Gasteiger partial charge < -0.3 is 20.1 Å². The van der Waals surface area contributed by atoms with Gasteiger partial charge in [0.05, 0.1) is 37.2 Å². The average molecular weight is 572 g/mol. The summed E-state index contributed by atoms with van der Waals surface area (Å²) in [5.74, 6) is 8.95. The summed E-state index contributed by atoms with van der Waals surface area (Å²) in [6.45, 7) is 7.35. The number of nitrogens with zero attached hydrogens (tertiary/aromatic N) is 2. The Bertz CT molecular complexity index is 966. The standard InChI is InChI=1S/C32H50FN5O3/c1-2-28(39)37-16-13-21(14-17-37)7-12-26-29(22-8-10-24(11-9-22)41-27-6-4-3-5-25(27)33)30-31(34)35-20-36-32(30)38(26)23-15-18-40-19-23/h2,21-27,29-32,35-36H,1,3-6,8-11,13-20,34H2. The molecule has 0 bridgehead atoms. The number of alkyl halides is 1. The zero-order valence-electron chi connectivity index (χ0n) is 24.5. The number of amides is 1. The molecule has 8 unspecified atom stereocenters. The predicted molar refractivity (Wildman–Crippen MR) is 156 cm³/mol. The quantitative estimate of drug-likeness (QED) is 0.345. The Morgan fingerprint density at radius 3 is 2.49 bits per heavy atom. The van der Waals surface area contributed by atoms with Crippen LogP contribution in [-0.4, -0.2) is 91.5 Å². The van der Waals surface area contributed by atoms with E-state index in [0.29, 0.717) is 36.9 Å². The lowest BCUT2D eigenvalue weighted by atomic mass is 9.70. The third-order valence-electron chi connectivity index (χ3n) is 10.9. The number of nitrogens with two attached hydrogens (primary N) is 1. The number of halogens is 1. The summed E-state index contributed by atoms with van der Waals surface area (Å²) in [4.78, 5) is 16.6. The normalized spacial score (nSPS) is 42.3. The molecule has 8 atom stereocenters. The number of carbonyl (C=O) groups is 1. The monoisotopic (exact) mass is 571 g/mol. The zero-order chi connectivity index (χ0) is 28.3. The summed E-state index contributed by atoms with van der Waals surface area (Å²) in [7, 11) is 0. The van der Waals surface area contributed by atoms with Gasteiger partial charge in [0.15, 0.2) is 0 Å². The van der Waals surface area contributed by atoms with E-state index in [1.165, 1.54) is 6.08 Å². The van der Waals surface area contributed by atoms with Crippen LogP contribution >= 0.6 is 0 Å². The van der Waals surface area contributed by atoms with Crippen molar-refractivity contribution in [3.05, 3.63) is 12.7 Å². The summed E-state index contributed by atoms with van der Waals surface area (Å²) in [6.07, 6.45) is 11.2. The highest BCUT2D eigenvalue weighted by molar-refractivity contribution is 5.87. The van der Waals surface area contributed by atoms with Crippen LogP contribution in [0.15, 0.2) is 12.7 Å². The molecule has 6 fully saturated rings. The van der Waals surface area contributed by atoms with Gasteiger partial charge in [-0.15, -0.1) is 0 Å². The second-order valence-corrected chi connectivity index (χ2v) is 13.2. The van der Waals surface area contributed by atoms with Crippen LogP contribution in [0.3, 0.4) is 0 Å². The van der Waals surface area contributed by atoms with Crippen molar-refractivity contribution in [2.75, 3.05) is 33.0 Å². The van der Waals surface area contributed by atoms with Gasteiger partial charge in [-0.05, 0) is 75.7 Å². The maximum absolute atomic E-state index is 14.5. The van der Waals surface area contributed by atoms with Gasteiger partial charge in [0, 0.05) is 44.2 Å². The van der Waals surface area contributed by atoms with E-state index in [4.69, 9.17) is 15.2 Å². The van der Waals surface area contributed by atoms with E-state index in [-0.39, 0.29) is 42.4 Å². The van der Waals surface area contributed by atoms with Crippen LogP contribution in [0.25, 0.3) is 0 Å². The van der Waals surface area contributed by atoms with Crippen molar-refractivity contribution >= 4 is 5.91 Å². The smallest absolute Gasteiger partial charge is 0.245 e. The van der Waals surface area contributed by atoms with Crippen molar-refractivity contribution in [3.63, 3.8) is 0 Å². The Morgan fingerprint density at radius 2 is 1.78 bits per heavy atom. The van der Waals surface area contributed by atoms with Gasteiger partial charge in [0.25, 0.3) is 0 Å². The molecule has 0 aromatic heterocycles. The number of fused-ring (bicyclic) bond motifs is 1. The molecule has 0 radical (unpaired) electrons. The van der Waals surface area contributed by atoms with Crippen molar-refractivity contribution in [2.45, 2.75) is 113 Å². The van der Waals surface area contributed by atoms with Gasteiger partial charge in [0.1, 0.15) is 6.17 Å². The lowest BCUT2D eigenvalue weighted by Gasteiger charge is -2.41. The van der Waals surface area contributed by atoms with Gasteiger partial charge in [-0.25, -0.2) is 4.39 Å². The molecule has 2 saturated carbocycles. The lowest BCUT2D eigenvalue weighted by molar-refractivity contribution is -0.127. The Kier molecular flexibility index (Phi) is 9.65. The van der Waals surface area contributed by atoms with Gasteiger partial charge in [-0.2, -0.15) is 0 Å². The lowest BCUT2D eigenvalue weighted by Crippen LogP contribution is -2.64. The van der Waals surface area contributed by atoms with Gasteiger partial charge in [0.2, 0.25) is 5.91 Å². The molecule has 8 nitrogen and oxygen atoms in total. The highest BCUT2D eigenvalue weighted by Crippen LogP contribution is 2.47. The number of hydrogen-bond acceptors (Lipinski definition) is 7. The Morgan fingerprint density at radius 1 is 1.00 bits per heavy atom. The summed E-state index contributed by atoms with van der Waals surface area (Å²) in [5, 5.41) is 7.26. The van der Waals surface area contributed by atoms with Crippen molar-refractivity contribution in [3.8, 4) is 11.8 Å². The molecule has 0 aromatic carbocycles. The summed E-state index contributed by atoms with van der Waals surface area (Å²) >= 11 is 0. The molecule has 0 aromatic rings. The maximum atomic E-state index is 14.5. The fourth-order valence-electron chi connectivity index (χ4n) is 8.68. The molecule has 0 spiro atoms. The van der Waals surface area contributed by atoms with Crippen molar-refractivity contribution in [2.24, 2.45) is 29.4 Å². The molecule has 4 saturated heterocycles.